The molecule has 0 aliphatic carbocycles. The number of nitrogens with zero attached hydrogens (tertiary/aromatic N) is 1. The summed E-state index contributed by atoms with van der Waals surface area (Å²) < 4.78 is 0. The molecule has 0 unspecified atom stereocenters. The molecular weight excluding hydrogens is 310 g/mol. The number of aromatic amines is 1. The van der Waals surface area contributed by atoms with Gasteiger partial charge in [0.15, 0.2) is 0 Å². The molecule has 4 nitrogen and oxygen atoms in total. The molecule has 0 aliphatic rings. The molecule has 0 spiro atoms. The first-order chi connectivity index (χ1) is 11.2. The molecule has 0 aliphatic heterocycles. The van der Waals surface area contributed by atoms with E-state index in [2.05, 4.69) is 15.5 Å². The average molecular weight is 326 g/mol. The van der Waals surface area contributed by atoms with Crippen LogP contribution >= 0.6 is 11.6 Å². The highest BCUT2D eigenvalue weighted by Gasteiger charge is 2.17. The van der Waals surface area contributed by atoms with Gasteiger partial charge in [-0.15, -0.1) is 0 Å². The summed E-state index contributed by atoms with van der Waals surface area (Å²) in [5.74, 6) is -0.156. The van der Waals surface area contributed by atoms with E-state index in [0.29, 0.717) is 22.0 Å². The lowest BCUT2D eigenvalue weighted by molar-refractivity contribution is 0.102. The lowest BCUT2D eigenvalue weighted by Gasteiger charge is -2.08. The summed E-state index contributed by atoms with van der Waals surface area (Å²) in [6, 6.07) is 16.5. The van der Waals surface area contributed by atoms with Crippen molar-refractivity contribution in [2.24, 2.45) is 0 Å². The summed E-state index contributed by atoms with van der Waals surface area (Å²) in [4.78, 5) is 12.4. The molecule has 2 aromatic carbocycles. The van der Waals surface area contributed by atoms with Crippen LogP contribution in [-0.2, 0) is 6.42 Å². The van der Waals surface area contributed by atoms with Crippen molar-refractivity contribution in [3.63, 3.8) is 0 Å². The summed E-state index contributed by atoms with van der Waals surface area (Å²) in [7, 11) is 0. The van der Waals surface area contributed by atoms with Crippen molar-refractivity contribution in [1.82, 2.24) is 10.2 Å². The Hall–Kier alpha value is -2.59. The molecule has 0 saturated carbocycles. The van der Waals surface area contributed by atoms with Crippen molar-refractivity contribution < 1.29 is 4.79 Å². The maximum absolute atomic E-state index is 12.4. The number of H-pyrrole nitrogens is 1. The Morgan fingerprint density at radius 3 is 2.48 bits per heavy atom. The maximum Gasteiger partial charge on any atom is 0.255 e. The second kappa shape index (κ2) is 6.67. The zero-order chi connectivity index (χ0) is 16.2. The molecule has 1 amide bonds. The van der Waals surface area contributed by atoms with Gasteiger partial charge in [0.05, 0.1) is 11.4 Å². The van der Waals surface area contributed by atoms with Gasteiger partial charge in [-0.25, -0.2) is 0 Å². The van der Waals surface area contributed by atoms with Crippen LogP contribution in [0.5, 0.6) is 0 Å². The van der Waals surface area contributed by atoms with E-state index in [1.807, 2.05) is 37.3 Å². The van der Waals surface area contributed by atoms with Crippen LogP contribution in [0.4, 0.5) is 5.69 Å². The predicted molar refractivity (Wildman–Crippen MR) is 92.8 cm³/mol. The Morgan fingerprint density at radius 1 is 1.13 bits per heavy atom. The SMILES string of the molecule is CCc1[nH]nc(-c2ccc(Cl)cc2)c1NC(=O)c1ccccc1. The summed E-state index contributed by atoms with van der Waals surface area (Å²) >= 11 is 5.94. The van der Waals surface area contributed by atoms with Gasteiger partial charge >= 0.3 is 0 Å². The van der Waals surface area contributed by atoms with Gasteiger partial charge < -0.3 is 5.32 Å². The number of hydrogen-bond donors (Lipinski definition) is 2. The van der Waals surface area contributed by atoms with Crippen LogP contribution in [0.3, 0.4) is 0 Å². The first-order valence-corrected chi connectivity index (χ1v) is 7.76. The normalized spacial score (nSPS) is 10.5. The van der Waals surface area contributed by atoms with E-state index in [9.17, 15) is 4.79 Å². The van der Waals surface area contributed by atoms with Crippen LogP contribution in [0, 0.1) is 0 Å². The number of rotatable bonds is 4. The zero-order valence-electron chi connectivity index (χ0n) is 12.6. The molecule has 0 radical (unpaired) electrons. The summed E-state index contributed by atoms with van der Waals surface area (Å²) in [5, 5.41) is 11.0. The number of aromatic nitrogens is 2. The third-order valence-corrected chi connectivity index (χ3v) is 3.84. The quantitative estimate of drug-likeness (QED) is 0.739. The van der Waals surface area contributed by atoms with E-state index in [4.69, 9.17) is 11.6 Å². The van der Waals surface area contributed by atoms with Gasteiger partial charge in [-0.1, -0.05) is 48.9 Å². The lowest BCUT2D eigenvalue weighted by Crippen LogP contribution is -2.13. The first kappa shape index (κ1) is 15.3. The van der Waals surface area contributed by atoms with E-state index < -0.39 is 0 Å². The van der Waals surface area contributed by atoms with Crippen LogP contribution < -0.4 is 5.32 Å². The van der Waals surface area contributed by atoms with Crippen LogP contribution in [0.25, 0.3) is 11.3 Å². The van der Waals surface area contributed by atoms with Crippen LogP contribution in [0.2, 0.25) is 5.02 Å². The fourth-order valence-corrected chi connectivity index (χ4v) is 2.49. The molecule has 3 aromatic rings. The van der Waals surface area contributed by atoms with Gasteiger partial charge in [0.1, 0.15) is 5.69 Å². The molecule has 2 N–H and O–H groups in total. The summed E-state index contributed by atoms with van der Waals surface area (Å²) in [5.41, 5.74) is 3.82. The van der Waals surface area contributed by atoms with Crippen molar-refractivity contribution in [1.29, 1.82) is 0 Å². The molecule has 116 valence electrons. The predicted octanol–water partition coefficient (Wildman–Crippen LogP) is 4.54. The standard InChI is InChI=1S/C18H16ClN3O/c1-2-15-17(20-18(23)13-6-4-3-5-7-13)16(22-21-15)12-8-10-14(19)11-9-12/h3-11H,2H2,1H3,(H,20,23)(H,21,22). The van der Waals surface area contributed by atoms with Crippen LogP contribution in [-0.4, -0.2) is 16.1 Å². The fraction of sp³-hybridized carbons (Fsp3) is 0.111. The van der Waals surface area contributed by atoms with Crippen molar-refractivity contribution >= 4 is 23.2 Å². The molecule has 23 heavy (non-hydrogen) atoms. The Labute approximate surface area is 139 Å². The lowest BCUT2D eigenvalue weighted by atomic mass is 10.1. The minimum absolute atomic E-state index is 0.156. The molecular formula is C18H16ClN3O. The second-order valence-electron chi connectivity index (χ2n) is 5.11. The Bertz CT molecular complexity index is 810. The highest BCUT2D eigenvalue weighted by Crippen LogP contribution is 2.30. The number of carbonyl (C=O) groups is 1. The minimum Gasteiger partial charge on any atom is -0.319 e. The second-order valence-corrected chi connectivity index (χ2v) is 5.54. The largest absolute Gasteiger partial charge is 0.319 e. The molecule has 1 heterocycles. The summed E-state index contributed by atoms with van der Waals surface area (Å²) in [6.45, 7) is 2.01. The monoisotopic (exact) mass is 325 g/mol. The highest BCUT2D eigenvalue weighted by molar-refractivity contribution is 6.30. The van der Waals surface area contributed by atoms with Gasteiger partial charge in [0, 0.05) is 16.1 Å². The number of halogens is 1. The van der Waals surface area contributed by atoms with Gasteiger partial charge in [0.2, 0.25) is 0 Å². The number of nitrogens with one attached hydrogen (secondary N) is 2. The Balaban J connectivity index is 1.96. The number of benzene rings is 2. The van der Waals surface area contributed by atoms with E-state index in [-0.39, 0.29) is 5.91 Å². The van der Waals surface area contributed by atoms with E-state index >= 15 is 0 Å². The number of carbonyl (C=O) groups excluding carboxylic acids is 1. The van der Waals surface area contributed by atoms with Crippen molar-refractivity contribution in [3.8, 4) is 11.3 Å². The van der Waals surface area contributed by atoms with Gasteiger partial charge in [-0.2, -0.15) is 5.10 Å². The van der Waals surface area contributed by atoms with Gasteiger partial charge in [-0.3, -0.25) is 9.89 Å². The first-order valence-electron chi connectivity index (χ1n) is 7.38. The fourth-order valence-electron chi connectivity index (χ4n) is 2.36. The number of aryl methyl sites for hydroxylation is 1. The molecule has 0 fully saturated rings. The number of amides is 1. The maximum atomic E-state index is 12.4. The molecule has 0 atom stereocenters. The van der Waals surface area contributed by atoms with Crippen molar-refractivity contribution in [2.75, 3.05) is 5.32 Å². The van der Waals surface area contributed by atoms with Crippen molar-refractivity contribution in [2.45, 2.75) is 13.3 Å². The van der Waals surface area contributed by atoms with E-state index in [0.717, 1.165) is 17.7 Å². The van der Waals surface area contributed by atoms with Crippen LogP contribution in [0.15, 0.2) is 54.6 Å². The highest BCUT2D eigenvalue weighted by atomic mass is 35.5. The van der Waals surface area contributed by atoms with Crippen molar-refractivity contribution in [3.05, 3.63) is 70.9 Å². The third-order valence-electron chi connectivity index (χ3n) is 3.59. The Kier molecular flexibility index (Phi) is 4.44. The smallest absolute Gasteiger partial charge is 0.255 e. The molecule has 0 saturated heterocycles. The molecule has 5 heteroatoms. The van der Waals surface area contributed by atoms with Crippen LogP contribution in [0.1, 0.15) is 23.0 Å². The molecule has 1 aromatic heterocycles. The van der Waals surface area contributed by atoms with Gasteiger partial charge in [-0.05, 0) is 30.7 Å². The van der Waals surface area contributed by atoms with E-state index in [1.165, 1.54) is 0 Å². The van der Waals surface area contributed by atoms with E-state index in [1.54, 1.807) is 24.3 Å². The topological polar surface area (TPSA) is 57.8 Å². The third kappa shape index (κ3) is 3.27. The minimum atomic E-state index is -0.156. The number of hydrogen-bond acceptors (Lipinski definition) is 2. The molecule has 3 rings (SSSR count). The number of anilines is 1. The Morgan fingerprint density at radius 2 is 1.83 bits per heavy atom. The van der Waals surface area contributed by atoms with Gasteiger partial charge in [0.25, 0.3) is 5.91 Å². The average Bonchev–Trinajstić information content (AvgIpc) is 2.99. The molecule has 0 bridgehead atoms. The zero-order valence-corrected chi connectivity index (χ0v) is 13.4. The summed E-state index contributed by atoms with van der Waals surface area (Å²) in [6.07, 6.45) is 0.741.